The Bertz CT molecular complexity index is 765. The fourth-order valence-corrected chi connectivity index (χ4v) is 2.55. The molecule has 160 valence electrons. The zero-order valence-corrected chi connectivity index (χ0v) is 17.8. The van der Waals surface area contributed by atoms with Gasteiger partial charge in [0.25, 0.3) is 0 Å². The van der Waals surface area contributed by atoms with E-state index in [0.29, 0.717) is 11.4 Å². The summed E-state index contributed by atoms with van der Waals surface area (Å²) in [6, 6.07) is 9.88. The first kappa shape index (κ1) is 24.3. The zero-order valence-electron chi connectivity index (χ0n) is 17.8. The highest BCUT2D eigenvalue weighted by Gasteiger charge is 2.15. The van der Waals surface area contributed by atoms with Gasteiger partial charge >= 0.3 is 12.6 Å². The summed E-state index contributed by atoms with van der Waals surface area (Å²) in [6.07, 6.45) is 4.08. The minimum Gasteiger partial charge on any atom is -0.415 e. The van der Waals surface area contributed by atoms with Crippen molar-refractivity contribution in [1.29, 1.82) is 0 Å². The first-order chi connectivity index (χ1) is 13.8. The number of halogens is 2. The lowest BCUT2D eigenvalue weighted by Crippen LogP contribution is -2.21. The maximum absolute atomic E-state index is 12.5. The van der Waals surface area contributed by atoms with Crippen LogP contribution in [0.3, 0.4) is 0 Å². The zero-order chi connectivity index (χ0) is 21.8. The summed E-state index contributed by atoms with van der Waals surface area (Å²) in [6.45, 7) is 7.06. The van der Waals surface area contributed by atoms with Crippen molar-refractivity contribution in [3.05, 3.63) is 47.7 Å². The highest BCUT2D eigenvalue weighted by Crippen LogP contribution is 2.26. The van der Waals surface area contributed by atoms with Gasteiger partial charge in [-0.25, -0.2) is 9.78 Å². The van der Waals surface area contributed by atoms with Gasteiger partial charge in [-0.1, -0.05) is 65.2 Å². The molecule has 0 spiro atoms. The molecular formula is C22H31F2N3O2. The molecule has 0 aliphatic heterocycles. The number of aromatic nitrogens is 1. The summed E-state index contributed by atoms with van der Waals surface area (Å²) >= 11 is 0. The van der Waals surface area contributed by atoms with Crippen LogP contribution in [0.4, 0.5) is 25.0 Å². The number of carbonyl (C=O) groups is 1. The molecule has 0 unspecified atom stereocenters. The second-order valence-corrected chi connectivity index (χ2v) is 6.86. The van der Waals surface area contributed by atoms with Gasteiger partial charge in [0.15, 0.2) is 0 Å². The summed E-state index contributed by atoms with van der Waals surface area (Å²) in [5.74, 6) is -0.0995. The number of pyridine rings is 1. The van der Waals surface area contributed by atoms with Crippen LogP contribution in [0, 0.1) is 6.92 Å². The summed E-state index contributed by atoms with van der Waals surface area (Å²) < 4.78 is 29.3. The van der Waals surface area contributed by atoms with Crippen LogP contribution in [-0.2, 0) is 0 Å². The molecule has 1 heterocycles. The van der Waals surface area contributed by atoms with Gasteiger partial charge in [0.2, 0.25) is 5.88 Å². The number of hydrogen-bond acceptors (Lipinski definition) is 3. The van der Waals surface area contributed by atoms with Gasteiger partial charge in [0, 0.05) is 11.4 Å². The number of rotatable bonds is 7. The van der Waals surface area contributed by atoms with E-state index in [2.05, 4.69) is 34.2 Å². The van der Waals surface area contributed by atoms with Gasteiger partial charge in [-0.2, -0.15) is 8.78 Å². The largest absolute Gasteiger partial charge is 0.415 e. The smallest absolute Gasteiger partial charge is 0.388 e. The molecule has 5 nitrogen and oxygen atoms in total. The predicted molar refractivity (Wildman–Crippen MR) is 114 cm³/mol. The Morgan fingerprint density at radius 3 is 2.21 bits per heavy atom. The number of unbranched alkanes of at least 4 members (excludes halogenated alkanes) is 2. The molecule has 2 amide bonds. The van der Waals surface area contributed by atoms with Crippen LogP contribution < -0.4 is 15.4 Å². The van der Waals surface area contributed by atoms with E-state index in [4.69, 9.17) is 0 Å². The van der Waals surface area contributed by atoms with Crippen molar-refractivity contribution < 1.29 is 18.3 Å². The molecule has 29 heavy (non-hydrogen) atoms. The number of urea groups is 1. The van der Waals surface area contributed by atoms with Gasteiger partial charge < -0.3 is 15.4 Å². The van der Waals surface area contributed by atoms with Crippen molar-refractivity contribution in [1.82, 2.24) is 4.98 Å². The van der Waals surface area contributed by atoms with Crippen molar-refractivity contribution in [3.8, 4) is 5.88 Å². The minimum atomic E-state index is -3.02. The van der Waals surface area contributed by atoms with E-state index in [1.807, 2.05) is 26.0 Å². The average molecular weight is 408 g/mol. The molecule has 7 heteroatoms. The van der Waals surface area contributed by atoms with E-state index in [0.717, 1.165) is 5.56 Å². The van der Waals surface area contributed by atoms with Crippen LogP contribution in [0.5, 0.6) is 5.88 Å². The number of nitrogens with one attached hydrogen (secondary N) is 2. The summed E-state index contributed by atoms with van der Waals surface area (Å²) in [4.78, 5) is 16.1. The number of amides is 2. The van der Waals surface area contributed by atoms with Crippen molar-refractivity contribution in [2.45, 2.75) is 66.4 Å². The normalized spacial score (nSPS) is 10.4. The lowest BCUT2D eigenvalue weighted by atomic mass is 10.0. The molecule has 0 atom stereocenters. The van der Waals surface area contributed by atoms with Crippen LogP contribution in [0.25, 0.3) is 0 Å². The monoisotopic (exact) mass is 407 g/mol. The third kappa shape index (κ3) is 8.89. The Kier molecular flexibility index (Phi) is 10.7. The van der Waals surface area contributed by atoms with Crippen LogP contribution in [0.2, 0.25) is 0 Å². The Labute approximate surface area is 171 Å². The average Bonchev–Trinajstić information content (AvgIpc) is 2.65. The molecule has 0 saturated heterocycles. The molecule has 0 fully saturated rings. The van der Waals surface area contributed by atoms with E-state index in [-0.39, 0.29) is 17.5 Å². The Morgan fingerprint density at radius 2 is 1.66 bits per heavy atom. The van der Waals surface area contributed by atoms with Crippen molar-refractivity contribution >= 4 is 17.4 Å². The molecule has 0 saturated carbocycles. The topological polar surface area (TPSA) is 63.2 Å². The Morgan fingerprint density at radius 1 is 1.03 bits per heavy atom. The quantitative estimate of drug-likeness (QED) is 0.522. The fraction of sp³-hybridized carbons (Fsp3) is 0.455. The van der Waals surface area contributed by atoms with Crippen LogP contribution in [0.15, 0.2) is 36.4 Å². The third-order valence-electron chi connectivity index (χ3n) is 3.99. The first-order valence-corrected chi connectivity index (χ1v) is 9.87. The maximum atomic E-state index is 12.5. The van der Waals surface area contributed by atoms with Gasteiger partial charge in [0.05, 0.1) is 0 Å². The van der Waals surface area contributed by atoms with Crippen LogP contribution >= 0.6 is 0 Å². The van der Waals surface area contributed by atoms with Crippen molar-refractivity contribution in [3.63, 3.8) is 0 Å². The molecule has 0 aliphatic carbocycles. The van der Waals surface area contributed by atoms with E-state index in [9.17, 15) is 13.6 Å². The number of carbonyl (C=O) groups excluding carboxylic acids is 1. The van der Waals surface area contributed by atoms with Gasteiger partial charge in [0.1, 0.15) is 5.69 Å². The first-order valence-electron chi connectivity index (χ1n) is 9.87. The second-order valence-electron chi connectivity index (χ2n) is 6.86. The van der Waals surface area contributed by atoms with Crippen LogP contribution in [-0.4, -0.2) is 17.6 Å². The van der Waals surface area contributed by atoms with Crippen molar-refractivity contribution in [2.75, 3.05) is 10.6 Å². The number of ether oxygens (including phenoxy) is 1. The molecule has 0 radical (unpaired) electrons. The number of para-hydroxylation sites is 1. The number of hydrogen-bond donors (Lipinski definition) is 2. The predicted octanol–water partition coefficient (Wildman–Crippen LogP) is 6.96. The number of benzene rings is 1. The summed E-state index contributed by atoms with van der Waals surface area (Å²) in [5.41, 5.74) is 2.20. The van der Waals surface area contributed by atoms with Crippen LogP contribution in [0.1, 0.15) is 64.1 Å². The summed E-state index contributed by atoms with van der Waals surface area (Å²) in [5, 5.41) is 5.20. The molecule has 1 aromatic carbocycles. The Hall–Kier alpha value is -2.70. The molecule has 0 aliphatic rings. The lowest BCUT2D eigenvalue weighted by Gasteiger charge is -2.15. The van der Waals surface area contributed by atoms with E-state index < -0.39 is 12.6 Å². The SMILES string of the molecule is CCCCC.Cc1ccc(NC(=O)Nc2ccccc2C(C)C)c(OC(F)F)n1. The highest BCUT2D eigenvalue weighted by atomic mass is 19.3. The third-order valence-corrected chi connectivity index (χ3v) is 3.99. The number of anilines is 2. The molecule has 2 rings (SSSR count). The number of aryl methyl sites for hydroxylation is 1. The molecule has 0 bridgehead atoms. The summed E-state index contributed by atoms with van der Waals surface area (Å²) in [7, 11) is 0. The van der Waals surface area contributed by atoms with Gasteiger partial charge in [-0.15, -0.1) is 0 Å². The molecular weight excluding hydrogens is 376 g/mol. The fourth-order valence-electron chi connectivity index (χ4n) is 2.55. The maximum Gasteiger partial charge on any atom is 0.388 e. The van der Waals surface area contributed by atoms with Gasteiger partial charge in [-0.3, -0.25) is 0 Å². The second kappa shape index (κ2) is 12.7. The van der Waals surface area contributed by atoms with E-state index in [1.165, 1.54) is 25.3 Å². The molecule has 2 aromatic rings. The molecule has 2 N–H and O–H groups in total. The standard InChI is InChI=1S/C17H19F2N3O2.C5H12/c1-10(2)12-6-4-5-7-13(12)21-17(23)22-14-9-8-11(3)20-15(14)24-16(18)19;1-3-5-4-2/h4-10,16H,1-3H3,(H2,21,22,23);3-5H2,1-2H3. The van der Waals surface area contributed by atoms with E-state index in [1.54, 1.807) is 25.1 Å². The minimum absolute atomic E-state index is 0.0698. The highest BCUT2D eigenvalue weighted by molar-refractivity contribution is 6.01. The number of nitrogens with zero attached hydrogens (tertiary/aromatic N) is 1. The molecule has 1 aromatic heterocycles. The van der Waals surface area contributed by atoms with E-state index >= 15 is 0 Å². The lowest BCUT2D eigenvalue weighted by molar-refractivity contribution is -0.0523. The number of alkyl halides is 2. The van der Waals surface area contributed by atoms with Gasteiger partial charge in [-0.05, 0) is 36.6 Å². The Balaban J connectivity index is 0.000000749. The van der Waals surface area contributed by atoms with Crippen molar-refractivity contribution in [2.24, 2.45) is 0 Å².